The maximum atomic E-state index is 13.5. The van der Waals surface area contributed by atoms with Crippen molar-refractivity contribution >= 4 is 11.6 Å². The fourth-order valence-corrected chi connectivity index (χ4v) is 3.25. The van der Waals surface area contributed by atoms with E-state index in [1.54, 1.807) is 13.0 Å². The lowest BCUT2D eigenvalue weighted by Gasteiger charge is -2.36. The monoisotopic (exact) mass is 341 g/mol. The molecule has 2 unspecified atom stereocenters. The molecule has 1 saturated heterocycles. The Morgan fingerprint density at radius 2 is 2.00 bits per heavy atom. The summed E-state index contributed by atoms with van der Waals surface area (Å²) in [4.78, 5) is 14.8. The van der Waals surface area contributed by atoms with E-state index in [9.17, 15) is 9.18 Å². The van der Waals surface area contributed by atoms with Crippen molar-refractivity contribution in [3.63, 3.8) is 0 Å². The number of anilines is 1. The number of piperidine rings is 1. The summed E-state index contributed by atoms with van der Waals surface area (Å²) in [5, 5.41) is 3.07. The minimum atomic E-state index is -1.08. The predicted octanol–water partition coefficient (Wildman–Crippen LogP) is 2.78. The molecule has 1 amide bonds. The van der Waals surface area contributed by atoms with E-state index in [4.69, 9.17) is 5.73 Å². The Bertz CT molecular complexity index is 733. The van der Waals surface area contributed by atoms with E-state index >= 15 is 0 Å². The zero-order valence-electron chi connectivity index (χ0n) is 14.4. The second-order valence-electron chi connectivity index (χ2n) is 6.81. The molecule has 1 aliphatic rings. The van der Waals surface area contributed by atoms with Crippen molar-refractivity contribution in [1.82, 2.24) is 5.32 Å². The lowest BCUT2D eigenvalue weighted by molar-refractivity contribution is -0.126. The summed E-state index contributed by atoms with van der Waals surface area (Å²) in [6.07, 6.45) is 1.83. The van der Waals surface area contributed by atoms with Crippen LogP contribution in [-0.4, -0.2) is 25.0 Å². The van der Waals surface area contributed by atoms with Gasteiger partial charge in [-0.25, -0.2) is 4.39 Å². The molecule has 3 N–H and O–H groups in total. The third-order valence-electron chi connectivity index (χ3n) is 4.78. The Kier molecular flexibility index (Phi) is 5.04. The number of benzene rings is 2. The van der Waals surface area contributed by atoms with Gasteiger partial charge in [0.05, 0.1) is 0 Å². The van der Waals surface area contributed by atoms with Crippen molar-refractivity contribution in [1.29, 1.82) is 0 Å². The summed E-state index contributed by atoms with van der Waals surface area (Å²) in [5.41, 5.74) is 6.84. The number of carbonyl (C=O) groups excluding carboxylic acids is 1. The molecule has 1 heterocycles. The summed E-state index contributed by atoms with van der Waals surface area (Å²) in [6, 6.07) is 15.9. The Morgan fingerprint density at radius 3 is 2.72 bits per heavy atom. The van der Waals surface area contributed by atoms with Gasteiger partial charge in [-0.15, -0.1) is 0 Å². The average Bonchev–Trinajstić information content (AvgIpc) is 2.62. The molecule has 1 aliphatic heterocycles. The maximum absolute atomic E-state index is 13.5. The molecule has 25 heavy (non-hydrogen) atoms. The fraction of sp³-hybridized carbons (Fsp3) is 0.350. The van der Waals surface area contributed by atoms with Gasteiger partial charge in [-0.1, -0.05) is 36.4 Å². The van der Waals surface area contributed by atoms with Crippen LogP contribution in [0, 0.1) is 5.82 Å². The van der Waals surface area contributed by atoms with E-state index in [1.807, 2.05) is 36.4 Å². The smallest absolute Gasteiger partial charge is 0.244 e. The molecule has 132 valence electrons. The quantitative estimate of drug-likeness (QED) is 0.899. The van der Waals surface area contributed by atoms with E-state index in [2.05, 4.69) is 10.2 Å². The molecule has 0 radical (unpaired) electrons. The topological polar surface area (TPSA) is 58.4 Å². The number of nitrogens with zero attached hydrogens (tertiary/aromatic N) is 1. The second kappa shape index (κ2) is 7.23. The van der Waals surface area contributed by atoms with Crippen LogP contribution in [0.25, 0.3) is 0 Å². The Labute approximate surface area is 147 Å². The zero-order valence-corrected chi connectivity index (χ0v) is 14.4. The number of nitrogens with one attached hydrogen (secondary N) is 1. The van der Waals surface area contributed by atoms with Gasteiger partial charge in [0, 0.05) is 24.8 Å². The zero-order chi connectivity index (χ0) is 17.9. The number of rotatable bonds is 4. The highest BCUT2D eigenvalue weighted by Gasteiger charge is 2.33. The highest BCUT2D eigenvalue weighted by molar-refractivity contribution is 5.87. The lowest BCUT2D eigenvalue weighted by atomic mass is 9.91. The van der Waals surface area contributed by atoms with Crippen LogP contribution in [0.15, 0.2) is 54.6 Å². The Hall–Kier alpha value is -2.40. The van der Waals surface area contributed by atoms with Crippen LogP contribution in [0.4, 0.5) is 10.1 Å². The van der Waals surface area contributed by atoms with Crippen molar-refractivity contribution in [2.24, 2.45) is 5.73 Å². The molecule has 0 spiro atoms. The first-order valence-electron chi connectivity index (χ1n) is 8.63. The fourth-order valence-electron chi connectivity index (χ4n) is 3.25. The van der Waals surface area contributed by atoms with Crippen LogP contribution >= 0.6 is 0 Å². The summed E-state index contributed by atoms with van der Waals surface area (Å²) >= 11 is 0. The summed E-state index contributed by atoms with van der Waals surface area (Å²) in [7, 11) is 0. The minimum Gasteiger partial charge on any atom is -0.369 e. The number of amides is 1. The summed E-state index contributed by atoms with van der Waals surface area (Å²) in [5.74, 6) is -0.438. The standard InChI is InChI=1S/C20H24FN3O/c1-20(22,15-7-3-2-4-8-15)19(25)23-17-10-6-12-24(14-17)18-11-5-9-16(21)13-18/h2-5,7-9,11,13,17H,6,10,12,14,22H2,1H3,(H,23,25). The molecular formula is C20H24FN3O. The van der Waals surface area contributed by atoms with Gasteiger partial charge in [-0.2, -0.15) is 0 Å². The van der Waals surface area contributed by atoms with Crippen molar-refractivity contribution < 1.29 is 9.18 Å². The molecule has 2 atom stereocenters. The number of hydrogen-bond acceptors (Lipinski definition) is 3. The first-order chi connectivity index (χ1) is 12.0. The lowest BCUT2D eigenvalue weighted by Crippen LogP contribution is -2.55. The number of carbonyl (C=O) groups is 1. The van der Waals surface area contributed by atoms with Gasteiger partial charge < -0.3 is 16.0 Å². The first kappa shape index (κ1) is 17.4. The van der Waals surface area contributed by atoms with Crippen LogP contribution < -0.4 is 16.0 Å². The Morgan fingerprint density at radius 1 is 1.24 bits per heavy atom. The van der Waals surface area contributed by atoms with Crippen LogP contribution in [0.2, 0.25) is 0 Å². The predicted molar refractivity (Wildman–Crippen MR) is 97.8 cm³/mol. The van der Waals surface area contributed by atoms with Gasteiger partial charge in [0.2, 0.25) is 5.91 Å². The molecular weight excluding hydrogens is 317 g/mol. The third-order valence-corrected chi connectivity index (χ3v) is 4.78. The number of halogens is 1. The maximum Gasteiger partial charge on any atom is 0.244 e. The van der Waals surface area contributed by atoms with Gasteiger partial charge in [-0.05, 0) is 43.5 Å². The highest BCUT2D eigenvalue weighted by atomic mass is 19.1. The van der Waals surface area contributed by atoms with Gasteiger partial charge in [-0.3, -0.25) is 4.79 Å². The molecule has 2 aromatic carbocycles. The van der Waals surface area contributed by atoms with Crippen molar-refractivity contribution in [3.8, 4) is 0 Å². The molecule has 2 aromatic rings. The van der Waals surface area contributed by atoms with Crippen LogP contribution in [0.1, 0.15) is 25.3 Å². The van der Waals surface area contributed by atoms with Crippen molar-refractivity contribution in [2.75, 3.05) is 18.0 Å². The minimum absolute atomic E-state index is 0.00361. The molecule has 0 aliphatic carbocycles. The molecule has 0 saturated carbocycles. The van der Waals surface area contributed by atoms with Gasteiger partial charge in [0.15, 0.2) is 0 Å². The molecule has 3 rings (SSSR count). The number of nitrogens with two attached hydrogens (primary N) is 1. The van der Waals surface area contributed by atoms with Gasteiger partial charge >= 0.3 is 0 Å². The average molecular weight is 341 g/mol. The van der Waals surface area contributed by atoms with Crippen LogP contribution in [0.3, 0.4) is 0 Å². The van der Waals surface area contributed by atoms with Crippen LogP contribution in [-0.2, 0) is 10.3 Å². The van der Waals surface area contributed by atoms with Crippen molar-refractivity contribution in [3.05, 3.63) is 66.0 Å². The summed E-state index contributed by atoms with van der Waals surface area (Å²) in [6.45, 7) is 3.24. The molecule has 1 fully saturated rings. The molecule has 4 nitrogen and oxygen atoms in total. The van der Waals surface area contributed by atoms with E-state index in [-0.39, 0.29) is 17.8 Å². The number of hydrogen-bond donors (Lipinski definition) is 2. The van der Waals surface area contributed by atoms with Crippen LogP contribution in [0.5, 0.6) is 0 Å². The highest BCUT2D eigenvalue weighted by Crippen LogP contribution is 2.22. The van der Waals surface area contributed by atoms with Crippen molar-refractivity contribution in [2.45, 2.75) is 31.3 Å². The van der Waals surface area contributed by atoms with Gasteiger partial charge in [0.1, 0.15) is 11.4 Å². The molecule has 0 bridgehead atoms. The molecule has 0 aromatic heterocycles. The Balaban J connectivity index is 1.67. The first-order valence-corrected chi connectivity index (χ1v) is 8.63. The second-order valence-corrected chi connectivity index (χ2v) is 6.81. The normalized spacial score (nSPS) is 20.0. The SMILES string of the molecule is CC(N)(C(=O)NC1CCCN(c2cccc(F)c2)C1)c1ccccc1. The van der Waals surface area contributed by atoms with E-state index in [0.29, 0.717) is 6.54 Å². The van der Waals surface area contributed by atoms with E-state index in [1.165, 1.54) is 12.1 Å². The largest absolute Gasteiger partial charge is 0.369 e. The van der Waals surface area contributed by atoms with Gasteiger partial charge in [0.25, 0.3) is 0 Å². The summed E-state index contributed by atoms with van der Waals surface area (Å²) < 4.78 is 13.5. The van der Waals surface area contributed by atoms with E-state index in [0.717, 1.165) is 30.6 Å². The third kappa shape index (κ3) is 3.99. The molecule has 5 heteroatoms. The van der Waals surface area contributed by atoms with E-state index < -0.39 is 5.54 Å².